The van der Waals surface area contributed by atoms with Crippen LogP contribution in [0.15, 0.2) is 29.1 Å². The van der Waals surface area contributed by atoms with Gasteiger partial charge in [-0.2, -0.15) is 0 Å². The Balaban J connectivity index is 2.09. The van der Waals surface area contributed by atoms with E-state index in [2.05, 4.69) is 4.98 Å². The van der Waals surface area contributed by atoms with E-state index in [0.717, 1.165) is 22.8 Å². The monoisotopic (exact) mass is 250 g/mol. The number of thiazole rings is 1. The molecule has 0 atom stereocenters. The topological polar surface area (TPSA) is 57.4 Å². The van der Waals surface area contributed by atoms with Crippen molar-refractivity contribution in [3.63, 3.8) is 0 Å². The number of benzene rings is 1. The van der Waals surface area contributed by atoms with Gasteiger partial charge in [0.25, 0.3) is 0 Å². The zero-order valence-electron chi connectivity index (χ0n) is 9.55. The van der Waals surface area contributed by atoms with Crippen molar-refractivity contribution in [3.05, 3.63) is 40.3 Å². The van der Waals surface area contributed by atoms with Crippen LogP contribution in [0.2, 0.25) is 0 Å². The van der Waals surface area contributed by atoms with Crippen molar-refractivity contribution >= 4 is 11.3 Å². The summed E-state index contributed by atoms with van der Waals surface area (Å²) in [6.45, 7) is 0.881. The van der Waals surface area contributed by atoms with E-state index in [1.807, 2.05) is 23.6 Å². The lowest BCUT2D eigenvalue weighted by Gasteiger charge is -2.10. The van der Waals surface area contributed by atoms with Crippen LogP contribution in [0.4, 0.5) is 0 Å². The lowest BCUT2D eigenvalue weighted by atomic mass is 10.2. The molecule has 0 amide bonds. The summed E-state index contributed by atoms with van der Waals surface area (Å²) in [5.41, 5.74) is 9.32. The van der Waals surface area contributed by atoms with Gasteiger partial charge in [0.15, 0.2) is 0 Å². The molecule has 2 N–H and O–H groups in total. The van der Waals surface area contributed by atoms with E-state index >= 15 is 0 Å². The quantitative estimate of drug-likeness (QED) is 0.883. The molecule has 0 bridgehead atoms. The van der Waals surface area contributed by atoms with Crippen LogP contribution >= 0.6 is 11.3 Å². The van der Waals surface area contributed by atoms with Gasteiger partial charge in [-0.15, -0.1) is 11.3 Å². The number of ether oxygens (including phenoxy) is 2. The lowest BCUT2D eigenvalue weighted by Crippen LogP contribution is -2.03. The molecule has 4 nitrogen and oxygen atoms in total. The van der Waals surface area contributed by atoms with E-state index in [9.17, 15) is 0 Å². The molecule has 17 heavy (non-hydrogen) atoms. The molecule has 2 rings (SSSR count). The minimum Gasteiger partial charge on any atom is -0.497 e. The summed E-state index contributed by atoms with van der Waals surface area (Å²) in [6, 6.07) is 5.61. The molecule has 1 heterocycles. The number of hydrogen-bond acceptors (Lipinski definition) is 5. The van der Waals surface area contributed by atoms with Crippen molar-refractivity contribution in [2.24, 2.45) is 5.73 Å². The van der Waals surface area contributed by atoms with Crippen LogP contribution in [0.5, 0.6) is 11.5 Å². The molecule has 0 saturated carbocycles. The van der Waals surface area contributed by atoms with Crippen LogP contribution in [0.3, 0.4) is 0 Å². The highest BCUT2D eigenvalue weighted by atomic mass is 32.1. The normalized spacial score (nSPS) is 10.2. The van der Waals surface area contributed by atoms with Crippen LogP contribution in [0.1, 0.15) is 11.3 Å². The van der Waals surface area contributed by atoms with Crippen molar-refractivity contribution in [2.45, 2.75) is 13.2 Å². The van der Waals surface area contributed by atoms with Crippen LogP contribution in [-0.2, 0) is 13.2 Å². The van der Waals surface area contributed by atoms with Crippen molar-refractivity contribution in [1.29, 1.82) is 0 Å². The second-order valence-corrected chi connectivity index (χ2v) is 4.16. The number of hydrogen-bond donors (Lipinski definition) is 1. The van der Waals surface area contributed by atoms with Crippen LogP contribution in [-0.4, -0.2) is 12.1 Å². The Bertz CT molecular complexity index is 471. The van der Waals surface area contributed by atoms with Gasteiger partial charge in [-0.3, -0.25) is 0 Å². The lowest BCUT2D eigenvalue weighted by molar-refractivity contribution is 0.298. The molecule has 0 fully saturated rings. The molecule has 1 aromatic heterocycles. The average molecular weight is 250 g/mol. The Morgan fingerprint density at radius 3 is 2.94 bits per heavy atom. The first kappa shape index (κ1) is 11.9. The van der Waals surface area contributed by atoms with Crippen LogP contribution in [0, 0.1) is 0 Å². The Morgan fingerprint density at radius 1 is 1.41 bits per heavy atom. The van der Waals surface area contributed by atoms with Crippen molar-refractivity contribution < 1.29 is 9.47 Å². The van der Waals surface area contributed by atoms with Gasteiger partial charge in [0, 0.05) is 17.5 Å². The highest BCUT2D eigenvalue weighted by Gasteiger charge is 2.05. The average Bonchev–Trinajstić information content (AvgIpc) is 2.89. The van der Waals surface area contributed by atoms with Gasteiger partial charge in [0.05, 0.1) is 18.3 Å². The molecule has 2 aromatic rings. The van der Waals surface area contributed by atoms with Gasteiger partial charge >= 0.3 is 0 Å². The van der Waals surface area contributed by atoms with Gasteiger partial charge in [0.2, 0.25) is 0 Å². The smallest absolute Gasteiger partial charge is 0.131 e. The van der Waals surface area contributed by atoms with E-state index in [1.165, 1.54) is 0 Å². The highest BCUT2D eigenvalue weighted by Crippen LogP contribution is 2.24. The van der Waals surface area contributed by atoms with Crippen molar-refractivity contribution in [2.75, 3.05) is 7.11 Å². The zero-order chi connectivity index (χ0) is 12.1. The summed E-state index contributed by atoms with van der Waals surface area (Å²) in [5, 5.41) is 1.96. The first-order valence-electron chi connectivity index (χ1n) is 5.20. The largest absolute Gasteiger partial charge is 0.497 e. The number of nitrogens with zero attached hydrogens (tertiary/aromatic N) is 1. The van der Waals surface area contributed by atoms with Gasteiger partial charge in [-0.25, -0.2) is 4.98 Å². The van der Waals surface area contributed by atoms with Crippen molar-refractivity contribution in [3.8, 4) is 11.5 Å². The summed E-state index contributed by atoms with van der Waals surface area (Å²) < 4.78 is 10.8. The maximum atomic E-state index is 5.68. The molecule has 0 spiro atoms. The number of aromatic nitrogens is 1. The third kappa shape index (κ3) is 2.95. The third-order valence-electron chi connectivity index (χ3n) is 2.35. The maximum absolute atomic E-state index is 5.68. The summed E-state index contributed by atoms with van der Waals surface area (Å²) in [7, 11) is 1.63. The van der Waals surface area contributed by atoms with Crippen LogP contribution < -0.4 is 15.2 Å². The molecule has 90 valence electrons. The van der Waals surface area contributed by atoms with E-state index in [-0.39, 0.29) is 0 Å². The molecule has 0 radical (unpaired) electrons. The van der Waals surface area contributed by atoms with Gasteiger partial charge in [-0.05, 0) is 18.2 Å². The molecule has 5 heteroatoms. The molecular weight excluding hydrogens is 236 g/mol. The molecule has 0 saturated heterocycles. The molecule has 1 aromatic carbocycles. The fourth-order valence-electron chi connectivity index (χ4n) is 1.44. The minimum atomic E-state index is 0.420. The number of rotatable bonds is 5. The van der Waals surface area contributed by atoms with E-state index in [0.29, 0.717) is 13.2 Å². The standard InChI is InChI=1S/C12H14N2O2S/c1-15-11-2-3-12(9(4-11)5-13)16-6-10-7-17-8-14-10/h2-4,7-8H,5-6,13H2,1H3. The summed E-state index contributed by atoms with van der Waals surface area (Å²) in [4.78, 5) is 4.16. The first-order chi connectivity index (χ1) is 8.33. The van der Waals surface area contributed by atoms with Crippen molar-refractivity contribution in [1.82, 2.24) is 4.98 Å². The first-order valence-corrected chi connectivity index (χ1v) is 6.14. The second kappa shape index (κ2) is 5.65. The molecule has 0 unspecified atom stereocenters. The molecule has 0 aliphatic heterocycles. The maximum Gasteiger partial charge on any atom is 0.131 e. The van der Waals surface area contributed by atoms with Crippen LogP contribution in [0.25, 0.3) is 0 Å². The van der Waals surface area contributed by atoms with E-state index in [1.54, 1.807) is 24.0 Å². The minimum absolute atomic E-state index is 0.420. The fourth-order valence-corrected chi connectivity index (χ4v) is 1.99. The Hall–Kier alpha value is -1.59. The van der Waals surface area contributed by atoms with Gasteiger partial charge in [0.1, 0.15) is 18.1 Å². The Labute approximate surface area is 104 Å². The molecule has 0 aliphatic carbocycles. The molecule has 0 aliphatic rings. The molecular formula is C12H14N2O2S. The van der Waals surface area contributed by atoms with Gasteiger partial charge < -0.3 is 15.2 Å². The number of methoxy groups -OCH3 is 1. The van der Waals surface area contributed by atoms with E-state index < -0.39 is 0 Å². The second-order valence-electron chi connectivity index (χ2n) is 3.45. The number of nitrogens with two attached hydrogens (primary N) is 1. The summed E-state index contributed by atoms with van der Waals surface area (Å²) in [6.07, 6.45) is 0. The predicted molar refractivity (Wildman–Crippen MR) is 67.3 cm³/mol. The Kier molecular flexibility index (Phi) is 3.95. The zero-order valence-corrected chi connectivity index (χ0v) is 10.4. The van der Waals surface area contributed by atoms with Gasteiger partial charge in [-0.1, -0.05) is 0 Å². The summed E-state index contributed by atoms with van der Waals surface area (Å²) in [5.74, 6) is 1.56. The predicted octanol–water partition coefficient (Wildman–Crippen LogP) is 2.19. The SMILES string of the molecule is COc1ccc(OCc2cscn2)c(CN)c1. The fraction of sp³-hybridized carbons (Fsp3) is 0.250. The summed E-state index contributed by atoms with van der Waals surface area (Å²) >= 11 is 1.55. The Morgan fingerprint density at radius 2 is 2.29 bits per heavy atom. The van der Waals surface area contributed by atoms with E-state index in [4.69, 9.17) is 15.2 Å². The third-order valence-corrected chi connectivity index (χ3v) is 2.98. The highest BCUT2D eigenvalue weighted by molar-refractivity contribution is 7.07.